The Bertz CT molecular complexity index is 741. The van der Waals surface area contributed by atoms with E-state index in [4.69, 9.17) is 4.74 Å². The minimum absolute atomic E-state index is 0.157. The number of nitrogens with one attached hydrogen (secondary N) is 1. The highest BCUT2D eigenvalue weighted by Crippen LogP contribution is 2.21. The number of hydrogen-bond acceptors (Lipinski definition) is 3. The smallest absolute Gasteiger partial charge is 0.338 e. The molecule has 0 fully saturated rings. The molecule has 2 aromatic rings. The molecule has 0 unspecified atom stereocenters. The molecule has 1 aromatic heterocycles. The molecule has 0 spiro atoms. The highest BCUT2D eigenvalue weighted by molar-refractivity contribution is 9.10. The van der Waals surface area contributed by atoms with Gasteiger partial charge >= 0.3 is 5.97 Å². The molecule has 0 aliphatic rings. The lowest BCUT2D eigenvalue weighted by molar-refractivity contribution is 0.00694. The molecule has 4 nitrogen and oxygen atoms in total. The predicted molar refractivity (Wildman–Crippen MR) is 92.9 cm³/mol. The fourth-order valence-electron chi connectivity index (χ4n) is 2.11. The second-order valence-corrected chi connectivity index (χ2v) is 7.23. The normalized spacial score (nSPS) is 11.3. The van der Waals surface area contributed by atoms with Crippen molar-refractivity contribution in [2.75, 3.05) is 0 Å². The van der Waals surface area contributed by atoms with Gasteiger partial charge in [0.1, 0.15) is 5.60 Å². The minimum atomic E-state index is -0.584. The quantitative estimate of drug-likeness (QED) is 0.628. The first kappa shape index (κ1) is 17.5. The summed E-state index contributed by atoms with van der Waals surface area (Å²) in [6.07, 6.45) is 0.828. The van der Waals surface area contributed by atoms with Crippen LogP contribution in [0.1, 0.15) is 59.8 Å². The van der Waals surface area contributed by atoms with Crippen LogP contribution in [0.15, 0.2) is 34.8 Å². The summed E-state index contributed by atoms with van der Waals surface area (Å²) >= 11 is 3.35. The number of carbonyl (C=O) groups excluding carboxylic acids is 2. The van der Waals surface area contributed by atoms with Gasteiger partial charge in [-0.25, -0.2) is 4.79 Å². The van der Waals surface area contributed by atoms with Crippen LogP contribution in [-0.2, 0) is 11.2 Å². The molecule has 0 aliphatic heterocycles. The highest BCUT2D eigenvalue weighted by atomic mass is 79.9. The summed E-state index contributed by atoms with van der Waals surface area (Å²) < 4.78 is 6.02. The van der Waals surface area contributed by atoms with E-state index in [1.54, 1.807) is 45.0 Å². The number of ether oxygens (including phenoxy) is 1. The lowest BCUT2D eigenvalue weighted by atomic mass is 10.0. The van der Waals surface area contributed by atoms with Gasteiger partial charge in [-0.05, 0) is 57.5 Å². The van der Waals surface area contributed by atoms with E-state index in [2.05, 4.69) is 20.9 Å². The molecule has 0 aliphatic carbocycles. The molecule has 23 heavy (non-hydrogen) atoms. The number of aromatic amines is 1. The van der Waals surface area contributed by atoms with Crippen molar-refractivity contribution in [2.24, 2.45) is 0 Å². The van der Waals surface area contributed by atoms with Crippen LogP contribution in [0.25, 0.3) is 0 Å². The number of aryl methyl sites for hydroxylation is 1. The third-order valence-electron chi connectivity index (χ3n) is 3.17. The van der Waals surface area contributed by atoms with E-state index in [1.165, 1.54) is 0 Å². The maximum atomic E-state index is 12.6. The summed E-state index contributed by atoms with van der Waals surface area (Å²) in [5.74, 6) is -0.607. The SMILES string of the molecule is CCc1ccc(C(=O)c2cc(Br)cc(C(=O)OC(C)(C)C)c2)[nH]1. The van der Waals surface area contributed by atoms with E-state index in [0.29, 0.717) is 21.3 Å². The van der Waals surface area contributed by atoms with Crippen molar-refractivity contribution in [3.63, 3.8) is 0 Å². The van der Waals surface area contributed by atoms with Gasteiger partial charge < -0.3 is 9.72 Å². The molecule has 0 saturated heterocycles. The van der Waals surface area contributed by atoms with Crippen molar-refractivity contribution < 1.29 is 14.3 Å². The van der Waals surface area contributed by atoms with Crippen LogP contribution in [0, 0.1) is 0 Å². The van der Waals surface area contributed by atoms with Gasteiger partial charge in [-0.3, -0.25) is 4.79 Å². The van der Waals surface area contributed by atoms with Crippen LogP contribution in [0.5, 0.6) is 0 Å². The number of halogens is 1. The summed E-state index contributed by atoms with van der Waals surface area (Å²) in [4.78, 5) is 27.9. The molecular weight excluding hydrogens is 358 g/mol. The number of aromatic nitrogens is 1. The van der Waals surface area contributed by atoms with Gasteiger partial charge in [0.25, 0.3) is 0 Å². The Morgan fingerprint density at radius 1 is 1.13 bits per heavy atom. The van der Waals surface area contributed by atoms with E-state index in [9.17, 15) is 9.59 Å². The van der Waals surface area contributed by atoms with Gasteiger partial charge in [0.2, 0.25) is 5.78 Å². The van der Waals surface area contributed by atoms with Crippen molar-refractivity contribution in [3.8, 4) is 0 Å². The summed E-state index contributed by atoms with van der Waals surface area (Å²) in [5.41, 5.74) is 1.70. The third kappa shape index (κ3) is 4.55. The highest BCUT2D eigenvalue weighted by Gasteiger charge is 2.20. The number of H-pyrrole nitrogens is 1. The zero-order valence-electron chi connectivity index (χ0n) is 13.7. The Balaban J connectivity index is 2.33. The number of benzene rings is 1. The molecule has 2 rings (SSSR count). The molecule has 0 bridgehead atoms. The lowest BCUT2D eigenvalue weighted by Crippen LogP contribution is -2.24. The lowest BCUT2D eigenvalue weighted by Gasteiger charge is -2.19. The van der Waals surface area contributed by atoms with Crippen molar-refractivity contribution in [2.45, 2.75) is 39.7 Å². The molecule has 0 radical (unpaired) electrons. The fourth-order valence-corrected chi connectivity index (χ4v) is 2.60. The number of carbonyl (C=O) groups is 2. The second-order valence-electron chi connectivity index (χ2n) is 6.31. The van der Waals surface area contributed by atoms with Crippen LogP contribution < -0.4 is 0 Å². The van der Waals surface area contributed by atoms with Crippen molar-refractivity contribution in [1.29, 1.82) is 0 Å². The van der Waals surface area contributed by atoms with Crippen molar-refractivity contribution in [3.05, 3.63) is 57.3 Å². The van der Waals surface area contributed by atoms with Gasteiger partial charge in [0.15, 0.2) is 0 Å². The summed E-state index contributed by atoms with van der Waals surface area (Å²) in [7, 11) is 0. The van der Waals surface area contributed by atoms with Crippen LogP contribution in [0.3, 0.4) is 0 Å². The van der Waals surface area contributed by atoms with E-state index in [-0.39, 0.29) is 5.78 Å². The van der Waals surface area contributed by atoms with E-state index >= 15 is 0 Å². The molecule has 5 heteroatoms. The summed E-state index contributed by atoms with van der Waals surface area (Å²) in [5, 5.41) is 0. The standard InChI is InChI=1S/C18H20BrNO3/c1-5-14-6-7-15(20-14)16(21)11-8-12(10-13(19)9-11)17(22)23-18(2,3)4/h6-10,20H,5H2,1-4H3. The van der Waals surface area contributed by atoms with Crippen molar-refractivity contribution in [1.82, 2.24) is 4.98 Å². The minimum Gasteiger partial charge on any atom is -0.456 e. The summed E-state index contributed by atoms with van der Waals surface area (Å²) in [6.45, 7) is 7.43. The molecule has 0 amide bonds. The fraction of sp³-hybridized carbons (Fsp3) is 0.333. The Labute approximate surface area is 144 Å². The Morgan fingerprint density at radius 2 is 1.78 bits per heavy atom. The first-order valence-corrected chi connectivity index (χ1v) is 8.25. The average Bonchev–Trinajstić information content (AvgIpc) is 2.93. The van der Waals surface area contributed by atoms with Gasteiger partial charge in [-0.2, -0.15) is 0 Å². The second kappa shape index (κ2) is 6.71. The molecule has 122 valence electrons. The van der Waals surface area contributed by atoms with Crippen LogP contribution in [-0.4, -0.2) is 22.3 Å². The molecule has 1 aromatic carbocycles. The first-order chi connectivity index (χ1) is 10.7. The van der Waals surface area contributed by atoms with Crippen molar-refractivity contribution >= 4 is 27.7 Å². The van der Waals surface area contributed by atoms with E-state index < -0.39 is 11.6 Å². The zero-order valence-corrected chi connectivity index (χ0v) is 15.3. The molecule has 1 heterocycles. The molecular formula is C18H20BrNO3. The number of hydrogen-bond donors (Lipinski definition) is 1. The molecule has 1 N–H and O–H groups in total. The molecule has 0 atom stereocenters. The topological polar surface area (TPSA) is 59.2 Å². The largest absolute Gasteiger partial charge is 0.456 e. The maximum Gasteiger partial charge on any atom is 0.338 e. The first-order valence-electron chi connectivity index (χ1n) is 7.46. The Hall–Kier alpha value is -1.88. The number of esters is 1. The average molecular weight is 378 g/mol. The number of rotatable bonds is 4. The zero-order chi connectivity index (χ0) is 17.2. The van der Waals surface area contributed by atoms with E-state index in [0.717, 1.165) is 12.1 Å². The van der Waals surface area contributed by atoms with Gasteiger partial charge in [-0.15, -0.1) is 0 Å². The van der Waals surface area contributed by atoms with Crippen LogP contribution in [0.4, 0.5) is 0 Å². The Kier molecular flexibility index (Phi) is 5.09. The predicted octanol–water partition coefficient (Wildman–Crippen LogP) is 4.53. The van der Waals surface area contributed by atoms with Gasteiger partial charge in [0.05, 0.1) is 11.3 Å². The monoisotopic (exact) mass is 377 g/mol. The maximum absolute atomic E-state index is 12.6. The summed E-state index contributed by atoms with van der Waals surface area (Å²) in [6, 6.07) is 8.56. The van der Waals surface area contributed by atoms with Crippen LogP contribution in [0.2, 0.25) is 0 Å². The van der Waals surface area contributed by atoms with Crippen LogP contribution >= 0.6 is 15.9 Å². The van der Waals surface area contributed by atoms with E-state index in [1.807, 2.05) is 13.0 Å². The van der Waals surface area contributed by atoms with Gasteiger partial charge in [0, 0.05) is 15.7 Å². The van der Waals surface area contributed by atoms with Gasteiger partial charge in [-0.1, -0.05) is 22.9 Å². The number of ketones is 1. The Morgan fingerprint density at radius 3 is 2.35 bits per heavy atom. The molecule has 0 saturated carbocycles. The third-order valence-corrected chi connectivity index (χ3v) is 3.62.